The van der Waals surface area contributed by atoms with Crippen molar-refractivity contribution in [2.75, 3.05) is 0 Å². The molecular formula is C11H16FN. The summed E-state index contributed by atoms with van der Waals surface area (Å²) in [5, 5.41) is 0. The third-order valence-electron chi connectivity index (χ3n) is 2.12. The molecule has 0 heterocycles. The molecule has 0 aliphatic carbocycles. The minimum atomic E-state index is -0.123. The molecule has 2 N–H and O–H groups in total. The zero-order chi connectivity index (χ0) is 9.84. The van der Waals surface area contributed by atoms with Crippen LogP contribution in [-0.4, -0.2) is 6.04 Å². The highest BCUT2D eigenvalue weighted by molar-refractivity contribution is 5.23. The first kappa shape index (κ1) is 10.2. The molecule has 0 aromatic heterocycles. The lowest BCUT2D eigenvalue weighted by molar-refractivity contribution is 0.611. The van der Waals surface area contributed by atoms with Crippen LogP contribution in [0, 0.1) is 12.7 Å². The van der Waals surface area contributed by atoms with Crippen molar-refractivity contribution in [3.63, 3.8) is 0 Å². The second-order valence-electron chi connectivity index (χ2n) is 3.60. The van der Waals surface area contributed by atoms with E-state index in [4.69, 9.17) is 5.73 Å². The van der Waals surface area contributed by atoms with Gasteiger partial charge in [-0.1, -0.05) is 12.1 Å². The van der Waals surface area contributed by atoms with E-state index in [0.29, 0.717) is 5.56 Å². The zero-order valence-electron chi connectivity index (χ0n) is 8.18. The van der Waals surface area contributed by atoms with E-state index in [2.05, 4.69) is 0 Å². The fourth-order valence-electron chi connectivity index (χ4n) is 1.19. The van der Waals surface area contributed by atoms with Gasteiger partial charge in [-0.05, 0) is 43.9 Å². The predicted molar refractivity (Wildman–Crippen MR) is 53.1 cm³/mol. The molecular weight excluding hydrogens is 165 g/mol. The van der Waals surface area contributed by atoms with Gasteiger partial charge in [-0.25, -0.2) is 4.39 Å². The third-order valence-corrected chi connectivity index (χ3v) is 2.12. The highest BCUT2D eigenvalue weighted by atomic mass is 19.1. The quantitative estimate of drug-likeness (QED) is 0.761. The van der Waals surface area contributed by atoms with Gasteiger partial charge in [0.05, 0.1) is 0 Å². The number of hydrogen-bond acceptors (Lipinski definition) is 1. The molecule has 0 radical (unpaired) electrons. The molecule has 0 saturated heterocycles. The molecule has 2 heteroatoms. The summed E-state index contributed by atoms with van der Waals surface area (Å²) < 4.78 is 13.1. The van der Waals surface area contributed by atoms with Crippen molar-refractivity contribution < 1.29 is 4.39 Å². The minimum Gasteiger partial charge on any atom is -0.328 e. The molecule has 0 fully saturated rings. The first-order valence-corrected chi connectivity index (χ1v) is 4.60. The summed E-state index contributed by atoms with van der Waals surface area (Å²) in [4.78, 5) is 0. The van der Waals surface area contributed by atoms with E-state index in [9.17, 15) is 4.39 Å². The van der Waals surface area contributed by atoms with Gasteiger partial charge in [-0.15, -0.1) is 0 Å². The maximum Gasteiger partial charge on any atom is 0.126 e. The largest absolute Gasteiger partial charge is 0.328 e. The van der Waals surface area contributed by atoms with E-state index in [1.807, 2.05) is 19.1 Å². The van der Waals surface area contributed by atoms with Gasteiger partial charge in [0.1, 0.15) is 5.82 Å². The summed E-state index contributed by atoms with van der Waals surface area (Å²) in [6.07, 6.45) is 1.76. The molecule has 0 amide bonds. The van der Waals surface area contributed by atoms with Crippen LogP contribution in [0.4, 0.5) is 4.39 Å². The molecule has 1 rings (SSSR count). The van der Waals surface area contributed by atoms with Gasteiger partial charge in [0.2, 0.25) is 0 Å². The van der Waals surface area contributed by atoms with Crippen LogP contribution in [0.2, 0.25) is 0 Å². The van der Waals surface area contributed by atoms with E-state index in [-0.39, 0.29) is 11.9 Å². The third kappa shape index (κ3) is 3.15. The van der Waals surface area contributed by atoms with Crippen molar-refractivity contribution >= 4 is 0 Å². The van der Waals surface area contributed by atoms with Crippen LogP contribution < -0.4 is 5.73 Å². The van der Waals surface area contributed by atoms with Gasteiger partial charge < -0.3 is 5.73 Å². The van der Waals surface area contributed by atoms with Crippen LogP contribution in [0.5, 0.6) is 0 Å². The summed E-state index contributed by atoms with van der Waals surface area (Å²) >= 11 is 0. The molecule has 13 heavy (non-hydrogen) atoms. The highest BCUT2D eigenvalue weighted by Gasteiger charge is 2.00. The van der Waals surface area contributed by atoms with Crippen LogP contribution in [0.1, 0.15) is 24.5 Å². The monoisotopic (exact) mass is 181 g/mol. The first-order chi connectivity index (χ1) is 6.09. The van der Waals surface area contributed by atoms with Crippen LogP contribution in [-0.2, 0) is 6.42 Å². The number of benzene rings is 1. The lowest BCUT2D eigenvalue weighted by atomic mass is 10.0. The van der Waals surface area contributed by atoms with E-state index in [0.717, 1.165) is 18.4 Å². The Morgan fingerprint density at radius 3 is 2.69 bits per heavy atom. The van der Waals surface area contributed by atoms with Crippen LogP contribution in [0.25, 0.3) is 0 Å². The molecule has 0 aliphatic heterocycles. The standard InChI is InChI=1S/C11H16FN/c1-8-3-5-10(7-11(8)12)6-4-9(2)13/h3,5,7,9H,4,6,13H2,1-2H3/t9-/m1/s1. The number of halogens is 1. The van der Waals surface area contributed by atoms with Crippen molar-refractivity contribution in [3.05, 3.63) is 35.1 Å². The molecule has 0 saturated carbocycles. The number of aryl methyl sites for hydroxylation is 2. The van der Waals surface area contributed by atoms with Crippen LogP contribution in [0.3, 0.4) is 0 Å². The lowest BCUT2D eigenvalue weighted by Gasteiger charge is -2.05. The Bertz CT molecular complexity index is 281. The van der Waals surface area contributed by atoms with Gasteiger partial charge in [0.25, 0.3) is 0 Å². The Balaban J connectivity index is 2.63. The van der Waals surface area contributed by atoms with E-state index >= 15 is 0 Å². The fourth-order valence-corrected chi connectivity index (χ4v) is 1.19. The van der Waals surface area contributed by atoms with E-state index in [1.54, 1.807) is 13.0 Å². The second kappa shape index (κ2) is 4.38. The molecule has 0 aliphatic rings. The maximum atomic E-state index is 13.1. The Hall–Kier alpha value is -0.890. The van der Waals surface area contributed by atoms with Crippen LogP contribution in [0.15, 0.2) is 18.2 Å². The summed E-state index contributed by atoms with van der Waals surface area (Å²) in [7, 11) is 0. The van der Waals surface area contributed by atoms with Crippen molar-refractivity contribution in [3.8, 4) is 0 Å². The molecule has 1 atom stereocenters. The Morgan fingerprint density at radius 2 is 2.15 bits per heavy atom. The Labute approximate surface area is 78.8 Å². The first-order valence-electron chi connectivity index (χ1n) is 4.60. The van der Waals surface area contributed by atoms with Crippen molar-refractivity contribution in [1.82, 2.24) is 0 Å². The molecule has 1 nitrogen and oxygen atoms in total. The van der Waals surface area contributed by atoms with E-state index in [1.165, 1.54) is 0 Å². The molecule has 1 aromatic rings. The van der Waals surface area contributed by atoms with Gasteiger partial charge >= 0.3 is 0 Å². The SMILES string of the molecule is Cc1ccc(CC[C@@H](C)N)cc1F. The average molecular weight is 181 g/mol. The van der Waals surface area contributed by atoms with Gasteiger partial charge in [-0.2, -0.15) is 0 Å². The number of nitrogens with two attached hydrogens (primary N) is 1. The van der Waals surface area contributed by atoms with Crippen LogP contribution >= 0.6 is 0 Å². The Morgan fingerprint density at radius 1 is 1.46 bits per heavy atom. The second-order valence-corrected chi connectivity index (χ2v) is 3.60. The topological polar surface area (TPSA) is 26.0 Å². The van der Waals surface area contributed by atoms with Gasteiger partial charge in [0, 0.05) is 6.04 Å². The average Bonchev–Trinajstić information content (AvgIpc) is 2.07. The number of hydrogen-bond donors (Lipinski definition) is 1. The van der Waals surface area contributed by atoms with Crippen molar-refractivity contribution in [2.24, 2.45) is 5.73 Å². The van der Waals surface area contributed by atoms with E-state index < -0.39 is 0 Å². The lowest BCUT2D eigenvalue weighted by Crippen LogP contribution is -2.15. The summed E-state index contributed by atoms with van der Waals surface area (Å²) in [6, 6.07) is 5.55. The normalized spacial score (nSPS) is 12.9. The smallest absolute Gasteiger partial charge is 0.126 e. The number of rotatable bonds is 3. The summed E-state index contributed by atoms with van der Waals surface area (Å²) in [5.74, 6) is -0.123. The van der Waals surface area contributed by atoms with Gasteiger partial charge in [-0.3, -0.25) is 0 Å². The molecule has 72 valence electrons. The maximum absolute atomic E-state index is 13.1. The fraction of sp³-hybridized carbons (Fsp3) is 0.455. The predicted octanol–water partition coefficient (Wildman–Crippen LogP) is 2.41. The molecule has 1 aromatic carbocycles. The molecule has 0 unspecified atom stereocenters. The minimum absolute atomic E-state index is 0.123. The highest BCUT2D eigenvalue weighted by Crippen LogP contribution is 2.11. The summed E-state index contributed by atoms with van der Waals surface area (Å²) in [5.41, 5.74) is 7.34. The molecule has 0 spiro atoms. The van der Waals surface area contributed by atoms with Gasteiger partial charge in [0.15, 0.2) is 0 Å². The zero-order valence-corrected chi connectivity index (χ0v) is 8.18. The van der Waals surface area contributed by atoms with Crippen molar-refractivity contribution in [1.29, 1.82) is 0 Å². The molecule has 0 bridgehead atoms. The Kier molecular flexibility index (Phi) is 3.43. The van der Waals surface area contributed by atoms with Crippen molar-refractivity contribution in [2.45, 2.75) is 32.7 Å². The summed E-state index contributed by atoms with van der Waals surface area (Å²) in [6.45, 7) is 3.73.